The Bertz CT molecular complexity index is 188. The molecule has 3 unspecified atom stereocenters. The zero-order valence-corrected chi connectivity index (χ0v) is 12.4. The van der Waals surface area contributed by atoms with Crippen LogP contribution < -0.4 is 5.32 Å². The normalized spacial score (nSPS) is 16.8. The molecule has 0 heterocycles. The zero-order valence-electron chi connectivity index (χ0n) is 12.4. The molecule has 0 aromatic heterocycles. The van der Waals surface area contributed by atoms with Crippen LogP contribution in [0.5, 0.6) is 0 Å². The number of aliphatic hydroxyl groups is 2. The summed E-state index contributed by atoms with van der Waals surface area (Å²) in [4.78, 5) is 0. The predicted molar refractivity (Wildman–Crippen MR) is 74.6 cm³/mol. The summed E-state index contributed by atoms with van der Waals surface area (Å²) in [5, 5.41) is 21.7. The number of aliphatic hydroxyl groups excluding tert-OH is 2. The SMILES string of the molecule is CC(C)CC(C)OCC(O)CNCC(C)CCO. The van der Waals surface area contributed by atoms with Crippen molar-refractivity contribution in [2.75, 3.05) is 26.3 Å². The quantitative estimate of drug-likeness (QED) is 0.526. The van der Waals surface area contributed by atoms with Crippen LogP contribution in [0.1, 0.15) is 40.5 Å². The molecule has 0 rings (SSSR count). The Labute approximate surface area is 112 Å². The van der Waals surface area contributed by atoms with Crippen LogP contribution in [-0.2, 0) is 4.74 Å². The monoisotopic (exact) mass is 261 g/mol. The van der Waals surface area contributed by atoms with E-state index in [0.717, 1.165) is 19.4 Å². The number of nitrogens with one attached hydrogen (secondary N) is 1. The van der Waals surface area contributed by atoms with Gasteiger partial charge in [0.15, 0.2) is 0 Å². The maximum absolute atomic E-state index is 9.74. The van der Waals surface area contributed by atoms with Gasteiger partial charge in [0.2, 0.25) is 0 Å². The van der Waals surface area contributed by atoms with Gasteiger partial charge in [-0.1, -0.05) is 20.8 Å². The first-order valence-electron chi connectivity index (χ1n) is 7.06. The molecule has 0 radical (unpaired) electrons. The van der Waals surface area contributed by atoms with Gasteiger partial charge in [-0.3, -0.25) is 0 Å². The molecule has 0 fully saturated rings. The molecule has 0 aromatic carbocycles. The summed E-state index contributed by atoms with van der Waals surface area (Å²) in [5.41, 5.74) is 0. The molecule has 0 amide bonds. The summed E-state index contributed by atoms with van der Waals surface area (Å²) < 4.78 is 5.59. The minimum absolute atomic E-state index is 0.202. The van der Waals surface area contributed by atoms with E-state index < -0.39 is 6.10 Å². The largest absolute Gasteiger partial charge is 0.396 e. The van der Waals surface area contributed by atoms with Crippen LogP contribution in [0.4, 0.5) is 0 Å². The van der Waals surface area contributed by atoms with Gasteiger partial charge >= 0.3 is 0 Å². The molecule has 0 aliphatic heterocycles. The van der Waals surface area contributed by atoms with Crippen molar-refractivity contribution in [3.63, 3.8) is 0 Å². The van der Waals surface area contributed by atoms with Gasteiger partial charge in [-0.15, -0.1) is 0 Å². The number of rotatable bonds is 11. The van der Waals surface area contributed by atoms with E-state index >= 15 is 0 Å². The third-order valence-electron chi connectivity index (χ3n) is 2.87. The maximum Gasteiger partial charge on any atom is 0.0897 e. The van der Waals surface area contributed by atoms with Gasteiger partial charge in [-0.25, -0.2) is 0 Å². The second-order valence-corrected chi connectivity index (χ2v) is 5.70. The molecule has 0 bridgehead atoms. The molecule has 0 aliphatic rings. The first-order valence-corrected chi connectivity index (χ1v) is 7.06. The number of hydrogen-bond acceptors (Lipinski definition) is 4. The average molecular weight is 261 g/mol. The third kappa shape index (κ3) is 11.0. The van der Waals surface area contributed by atoms with Crippen molar-refractivity contribution in [3.05, 3.63) is 0 Å². The third-order valence-corrected chi connectivity index (χ3v) is 2.87. The summed E-state index contributed by atoms with van der Waals surface area (Å²) in [6.07, 6.45) is 1.56. The van der Waals surface area contributed by atoms with Crippen LogP contribution >= 0.6 is 0 Å². The Morgan fingerprint density at radius 2 is 1.78 bits per heavy atom. The lowest BCUT2D eigenvalue weighted by Gasteiger charge is -2.19. The van der Waals surface area contributed by atoms with Gasteiger partial charge in [0.05, 0.1) is 18.8 Å². The molecule has 0 spiro atoms. The lowest BCUT2D eigenvalue weighted by atomic mass is 10.1. The molecule has 0 saturated carbocycles. The van der Waals surface area contributed by atoms with E-state index in [0.29, 0.717) is 25.0 Å². The van der Waals surface area contributed by atoms with Crippen LogP contribution in [0.15, 0.2) is 0 Å². The van der Waals surface area contributed by atoms with E-state index in [1.54, 1.807) is 0 Å². The van der Waals surface area contributed by atoms with Gasteiger partial charge in [-0.05, 0) is 38.1 Å². The van der Waals surface area contributed by atoms with E-state index in [4.69, 9.17) is 9.84 Å². The Morgan fingerprint density at radius 1 is 1.11 bits per heavy atom. The van der Waals surface area contributed by atoms with Crippen molar-refractivity contribution < 1.29 is 14.9 Å². The summed E-state index contributed by atoms with van der Waals surface area (Å²) in [6, 6.07) is 0. The van der Waals surface area contributed by atoms with Crippen LogP contribution in [0.2, 0.25) is 0 Å². The molecule has 3 atom stereocenters. The summed E-state index contributed by atoms with van der Waals surface area (Å²) in [5.74, 6) is 1.05. The highest BCUT2D eigenvalue weighted by atomic mass is 16.5. The molecule has 3 N–H and O–H groups in total. The molecular formula is C14H31NO3. The Hall–Kier alpha value is -0.160. The second-order valence-electron chi connectivity index (χ2n) is 5.70. The first kappa shape index (κ1) is 17.8. The average Bonchev–Trinajstić information content (AvgIpc) is 2.26. The fraction of sp³-hybridized carbons (Fsp3) is 1.00. The topological polar surface area (TPSA) is 61.7 Å². The van der Waals surface area contributed by atoms with E-state index in [-0.39, 0.29) is 12.7 Å². The van der Waals surface area contributed by atoms with Crippen molar-refractivity contribution >= 4 is 0 Å². The van der Waals surface area contributed by atoms with Crippen LogP contribution in [0.3, 0.4) is 0 Å². The Morgan fingerprint density at radius 3 is 2.33 bits per heavy atom. The van der Waals surface area contributed by atoms with Crippen molar-refractivity contribution in [2.45, 2.75) is 52.7 Å². The van der Waals surface area contributed by atoms with Gasteiger partial charge in [0, 0.05) is 13.2 Å². The van der Waals surface area contributed by atoms with Gasteiger partial charge in [0.1, 0.15) is 0 Å². The van der Waals surface area contributed by atoms with Crippen molar-refractivity contribution in [3.8, 4) is 0 Å². The van der Waals surface area contributed by atoms with Gasteiger partial charge in [-0.2, -0.15) is 0 Å². The smallest absolute Gasteiger partial charge is 0.0897 e. The molecule has 18 heavy (non-hydrogen) atoms. The number of hydrogen-bond donors (Lipinski definition) is 3. The van der Waals surface area contributed by atoms with Crippen LogP contribution in [-0.4, -0.2) is 48.7 Å². The lowest BCUT2D eigenvalue weighted by molar-refractivity contribution is -0.00869. The van der Waals surface area contributed by atoms with E-state index in [1.807, 2.05) is 6.92 Å². The van der Waals surface area contributed by atoms with Crippen molar-refractivity contribution in [1.82, 2.24) is 5.32 Å². The maximum atomic E-state index is 9.74. The van der Waals surface area contributed by atoms with E-state index in [1.165, 1.54) is 0 Å². The molecule has 4 heteroatoms. The molecular weight excluding hydrogens is 230 g/mol. The summed E-state index contributed by atoms with van der Waals surface area (Å²) >= 11 is 0. The fourth-order valence-electron chi connectivity index (χ4n) is 1.88. The highest BCUT2D eigenvalue weighted by Gasteiger charge is 2.10. The van der Waals surface area contributed by atoms with Crippen molar-refractivity contribution in [1.29, 1.82) is 0 Å². The second kappa shape index (κ2) is 10.7. The molecule has 0 aliphatic carbocycles. The Balaban J connectivity index is 3.50. The van der Waals surface area contributed by atoms with Crippen LogP contribution in [0.25, 0.3) is 0 Å². The molecule has 4 nitrogen and oxygen atoms in total. The standard InChI is InChI=1S/C14H31NO3/c1-11(2)7-13(4)18-10-14(17)9-15-8-12(3)5-6-16/h11-17H,5-10H2,1-4H3. The van der Waals surface area contributed by atoms with Crippen molar-refractivity contribution in [2.24, 2.45) is 11.8 Å². The highest BCUT2D eigenvalue weighted by molar-refractivity contribution is 4.63. The molecule has 0 saturated heterocycles. The van der Waals surface area contributed by atoms with E-state index in [9.17, 15) is 5.11 Å². The van der Waals surface area contributed by atoms with E-state index in [2.05, 4.69) is 26.1 Å². The summed E-state index contributed by atoms with van der Waals surface area (Å²) in [6.45, 7) is 10.4. The Kier molecular flexibility index (Phi) is 10.6. The van der Waals surface area contributed by atoms with Crippen LogP contribution in [0, 0.1) is 11.8 Å². The minimum Gasteiger partial charge on any atom is -0.396 e. The first-order chi connectivity index (χ1) is 8.45. The fourth-order valence-corrected chi connectivity index (χ4v) is 1.88. The molecule has 0 aromatic rings. The summed E-state index contributed by atoms with van der Waals surface area (Å²) in [7, 11) is 0. The predicted octanol–water partition coefficient (Wildman–Crippen LogP) is 1.41. The zero-order chi connectivity index (χ0) is 14.0. The van der Waals surface area contributed by atoms with Gasteiger partial charge in [0.25, 0.3) is 0 Å². The number of ether oxygens (including phenoxy) is 1. The lowest BCUT2D eigenvalue weighted by Crippen LogP contribution is -2.34. The molecule has 110 valence electrons. The highest BCUT2D eigenvalue weighted by Crippen LogP contribution is 2.07. The minimum atomic E-state index is -0.457. The van der Waals surface area contributed by atoms with Gasteiger partial charge < -0.3 is 20.3 Å².